The first-order chi connectivity index (χ1) is 9.41. The predicted molar refractivity (Wildman–Crippen MR) is 78.6 cm³/mol. The summed E-state index contributed by atoms with van der Waals surface area (Å²) in [6, 6.07) is 5.29. The fourth-order valence-corrected chi connectivity index (χ4v) is 2.68. The average molecular weight is 302 g/mol. The number of hydrogen-bond donors (Lipinski definition) is 2. The SMILES string of the molecule is COc1ccc(C(CCCS(C)(=O)=O)NN)c(OC)c1. The van der Waals surface area contributed by atoms with Gasteiger partial charge in [0.25, 0.3) is 0 Å². The van der Waals surface area contributed by atoms with Crippen LogP contribution in [0.15, 0.2) is 18.2 Å². The summed E-state index contributed by atoms with van der Waals surface area (Å²) in [5, 5.41) is 0. The van der Waals surface area contributed by atoms with E-state index in [1.165, 1.54) is 6.26 Å². The van der Waals surface area contributed by atoms with Crippen LogP contribution in [0.25, 0.3) is 0 Å². The topological polar surface area (TPSA) is 90.7 Å². The van der Waals surface area contributed by atoms with Crippen molar-refractivity contribution in [3.8, 4) is 11.5 Å². The number of rotatable bonds is 8. The molecule has 6 nitrogen and oxygen atoms in total. The van der Waals surface area contributed by atoms with Gasteiger partial charge in [-0.2, -0.15) is 0 Å². The minimum atomic E-state index is -2.96. The zero-order valence-corrected chi connectivity index (χ0v) is 12.9. The van der Waals surface area contributed by atoms with Gasteiger partial charge in [-0.15, -0.1) is 0 Å². The van der Waals surface area contributed by atoms with Crippen molar-refractivity contribution in [2.75, 3.05) is 26.2 Å². The van der Waals surface area contributed by atoms with Gasteiger partial charge >= 0.3 is 0 Å². The summed E-state index contributed by atoms with van der Waals surface area (Å²) in [5.74, 6) is 7.06. The molecule has 0 fully saturated rings. The smallest absolute Gasteiger partial charge is 0.147 e. The number of hydrogen-bond acceptors (Lipinski definition) is 6. The molecule has 1 rings (SSSR count). The van der Waals surface area contributed by atoms with Crippen molar-refractivity contribution in [2.24, 2.45) is 5.84 Å². The molecule has 1 aromatic carbocycles. The number of hydrazine groups is 1. The molecule has 1 atom stereocenters. The maximum atomic E-state index is 11.2. The normalized spacial score (nSPS) is 13.0. The lowest BCUT2D eigenvalue weighted by atomic mass is 10.0. The molecule has 1 aromatic rings. The molecule has 0 aliphatic carbocycles. The van der Waals surface area contributed by atoms with Crippen molar-refractivity contribution in [3.05, 3.63) is 23.8 Å². The molecule has 0 saturated carbocycles. The summed E-state index contributed by atoms with van der Waals surface area (Å²) in [6.07, 6.45) is 2.36. The Kier molecular flexibility index (Phi) is 6.25. The van der Waals surface area contributed by atoms with Crippen LogP contribution in [0.3, 0.4) is 0 Å². The Morgan fingerprint density at radius 3 is 2.50 bits per heavy atom. The second kappa shape index (κ2) is 7.47. The highest BCUT2D eigenvalue weighted by molar-refractivity contribution is 7.90. The van der Waals surface area contributed by atoms with Crippen LogP contribution in [0.1, 0.15) is 24.4 Å². The summed E-state index contributed by atoms with van der Waals surface area (Å²) in [4.78, 5) is 0. The maximum Gasteiger partial charge on any atom is 0.147 e. The number of ether oxygens (including phenoxy) is 2. The van der Waals surface area contributed by atoms with Gasteiger partial charge in [-0.25, -0.2) is 8.42 Å². The number of nitrogens with two attached hydrogens (primary N) is 1. The Hall–Kier alpha value is -1.31. The van der Waals surface area contributed by atoms with Crippen LogP contribution in [0.2, 0.25) is 0 Å². The number of benzene rings is 1. The molecule has 0 aliphatic rings. The molecule has 1 unspecified atom stereocenters. The van der Waals surface area contributed by atoms with Crippen LogP contribution in [0.5, 0.6) is 11.5 Å². The van der Waals surface area contributed by atoms with Gasteiger partial charge in [0, 0.05) is 29.7 Å². The average Bonchev–Trinajstić information content (AvgIpc) is 2.42. The van der Waals surface area contributed by atoms with E-state index in [-0.39, 0.29) is 11.8 Å². The Morgan fingerprint density at radius 1 is 1.30 bits per heavy atom. The summed E-state index contributed by atoms with van der Waals surface area (Å²) >= 11 is 0. The Bertz CT molecular complexity index is 531. The van der Waals surface area contributed by atoms with Gasteiger partial charge < -0.3 is 9.47 Å². The molecular formula is C13H22N2O4S. The van der Waals surface area contributed by atoms with E-state index in [2.05, 4.69) is 5.43 Å². The zero-order valence-electron chi connectivity index (χ0n) is 12.0. The van der Waals surface area contributed by atoms with E-state index in [1.54, 1.807) is 20.3 Å². The van der Waals surface area contributed by atoms with E-state index < -0.39 is 9.84 Å². The molecule has 3 N–H and O–H groups in total. The van der Waals surface area contributed by atoms with Crippen molar-refractivity contribution >= 4 is 9.84 Å². The molecule has 0 aromatic heterocycles. The van der Waals surface area contributed by atoms with Gasteiger partial charge in [-0.3, -0.25) is 11.3 Å². The number of nitrogens with one attached hydrogen (secondary N) is 1. The first-order valence-corrected chi connectivity index (χ1v) is 8.33. The lowest BCUT2D eigenvalue weighted by molar-refractivity contribution is 0.382. The Balaban J connectivity index is 2.83. The molecule has 0 amide bonds. The maximum absolute atomic E-state index is 11.2. The van der Waals surface area contributed by atoms with Crippen LogP contribution >= 0.6 is 0 Å². The van der Waals surface area contributed by atoms with Gasteiger partial charge in [-0.05, 0) is 18.9 Å². The monoisotopic (exact) mass is 302 g/mol. The Morgan fingerprint density at radius 2 is 2.00 bits per heavy atom. The lowest BCUT2D eigenvalue weighted by Crippen LogP contribution is -2.28. The van der Waals surface area contributed by atoms with Crippen molar-refractivity contribution in [1.29, 1.82) is 0 Å². The molecular weight excluding hydrogens is 280 g/mol. The molecule has 7 heteroatoms. The Labute approximate surface area is 120 Å². The largest absolute Gasteiger partial charge is 0.497 e. The quantitative estimate of drug-likeness (QED) is 0.550. The molecule has 114 valence electrons. The van der Waals surface area contributed by atoms with Crippen molar-refractivity contribution in [3.63, 3.8) is 0 Å². The van der Waals surface area contributed by atoms with Gasteiger partial charge in [0.2, 0.25) is 0 Å². The van der Waals surface area contributed by atoms with Crippen LogP contribution in [-0.2, 0) is 9.84 Å². The molecule has 0 aliphatic heterocycles. The second-order valence-electron chi connectivity index (χ2n) is 4.60. The molecule has 0 saturated heterocycles. The number of sulfone groups is 1. The summed E-state index contributed by atoms with van der Waals surface area (Å²) in [6.45, 7) is 0. The van der Waals surface area contributed by atoms with Gasteiger partial charge in [0.15, 0.2) is 0 Å². The van der Waals surface area contributed by atoms with Gasteiger partial charge in [0.05, 0.1) is 14.2 Å². The third kappa shape index (κ3) is 4.99. The van der Waals surface area contributed by atoms with Gasteiger partial charge in [-0.1, -0.05) is 6.07 Å². The number of methoxy groups -OCH3 is 2. The van der Waals surface area contributed by atoms with E-state index in [0.717, 1.165) is 5.56 Å². The van der Waals surface area contributed by atoms with E-state index in [4.69, 9.17) is 15.3 Å². The van der Waals surface area contributed by atoms with Crippen molar-refractivity contribution < 1.29 is 17.9 Å². The minimum absolute atomic E-state index is 0.143. The minimum Gasteiger partial charge on any atom is -0.497 e. The van der Waals surface area contributed by atoms with E-state index in [9.17, 15) is 8.42 Å². The molecule has 0 heterocycles. The van der Waals surface area contributed by atoms with Crippen LogP contribution in [-0.4, -0.2) is 34.6 Å². The third-order valence-electron chi connectivity index (χ3n) is 3.03. The first-order valence-electron chi connectivity index (χ1n) is 6.27. The van der Waals surface area contributed by atoms with E-state index in [0.29, 0.717) is 24.3 Å². The highest BCUT2D eigenvalue weighted by atomic mass is 32.2. The van der Waals surface area contributed by atoms with Crippen LogP contribution in [0.4, 0.5) is 0 Å². The standard InChI is InChI=1S/C13H22N2O4S/c1-18-10-6-7-11(13(9-10)19-2)12(15-14)5-4-8-20(3,16)17/h6-7,9,12,15H,4-5,8,14H2,1-3H3. The van der Waals surface area contributed by atoms with Crippen LogP contribution in [0, 0.1) is 0 Å². The molecule has 20 heavy (non-hydrogen) atoms. The molecule has 0 bridgehead atoms. The van der Waals surface area contributed by atoms with E-state index >= 15 is 0 Å². The van der Waals surface area contributed by atoms with E-state index in [1.807, 2.05) is 12.1 Å². The predicted octanol–water partition coefficient (Wildman–Crippen LogP) is 1.03. The lowest BCUT2D eigenvalue weighted by Gasteiger charge is -2.19. The first kappa shape index (κ1) is 16.7. The fraction of sp³-hybridized carbons (Fsp3) is 0.538. The highest BCUT2D eigenvalue weighted by Crippen LogP contribution is 2.31. The fourth-order valence-electron chi connectivity index (χ4n) is 1.98. The molecule has 0 spiro atoms. The van der Waals surface area contributed by atoms with Crippen molar-refractivity contribution in [1.82, 2.24) is 5.43 Å². The van der Waals surface area contributed by atoms with Crippen molar-refractivity contribution in [2.45, 2.75) is 18.9 Å². The zero-order chi connectivity index (χ0) is 15.2. The van der Waals surface area contributed by atoms with Crippen LogP contribution < -0.4 is 20.7 Å². The molecule has 0 radical (unpaired) electrons. The summed E-state index contributed by atoms with van der Waals surface area (Å²) < 4.78 is 32.8. The summed E-state index contributed by atoms with van der Waals surface area (Å²) in [5.41, 5.74) is 3.58. The van der Waals surface area contributed by atoms with Gasteiger partial charge in [0.1, 0.15) is 21.3 Å². The third-order valence-corrected chi connectivity index (χ3v) is 4.06. The second-order valence-corrected chi connectivity index (χ2v) is 6.86. The summed E-state index contributed by atoms with van der Waals surface area (Å²) in [7, 11) is 0.198. The highest BCUT2D eigenvalue weighted by Gasteiger charge is 2.16.